The summed E-state index contributed by atoms with van der Waals surface area (Å²) in [4.78, 5) is 24.7. The van der Waals surface area contributed by atoms with E-state index < -0.39 is 11.6 Å². The monoisotopic (exact) mass is 451 g/mol. The van der Waals surface area contributed by atoms with E-state index in [0.717, 1.165) is 34.6 Å². The second-order valence-corrected chi connectivity index (χ2v) is 8.85. The lowest BCUT2D eigenvalue weighted by molar-refractivity contribution is 0.0948. The van der Waals surface area contributed by atoms with Crippen molar-refractivity contribution in [2.24, 2.45) is 5.18 Å². The van der Waals surface area contributed by atoms with Crippen molar-refractivity contribution in [3.63, 3.8) is 0 Å². The maximum absolute atomic E-state index is 13.6. The SMILES string of the molecule is CC(C)c1c(C(=O)NCc2ccc(F)c(F)c2)c2c(n1Cc1ccccc1)CCC(N=O)C2. The van der Waals surface area contributed by atoms with Crippen LogP contribution in [0.1, 0.15) is 64.6 Å². The number of carbonyl (C=O) groups is 1. The molecule has 0 saturated carbocycles. The molecule has 7 heteroatoms. The van der Waals surface area contributed by atoms with E-state index in [0.29, 0.717) is 36.9 Å². The molecule has 4 rings (SSSR count). The number of nitroso groups, excluding NO2 is 1. The lowest BCUT2D eigenvalue weighted by atomic mass is 9.89. The Morgan fingerprint density at radius 3 is 2.55 bits per heavy atom. The number of nitrogens with one attached hydrogen (secondary N) is 1. The van der Waals surface area contributed by atoms with Gasteiger partial charge in [-0.15, -0.1) is 0 Å². The van der Waals surface area contributed by atoms with Gasteiger partial charge in [-0.1, -0.05) is 55.4 Å². The van der Waals surface area contributed by atoms with E-state index in [4.69, 9.17) is 0 Å². The Morgan fingerprint density at radius 2 is 1.88 bits per heavy atom. The number of rotatable bonds is 7. The molecule has 1 N–H and O–H groups in total. The van der Waals surface area contributed by atoms with Gasteiger partial charge in [0.1, 0.15) is 0 Å². The van der Waals surface area contributed by atoms with Gasteiger partial charge in [-0.05, 0) is 47.6 Å². The largest absolute Gasteiger partial charge is 0.348 e. The Kier molecular flexibility index (Phi) is 6.67. The van der Waals surface area contributed by atoms with Crippen molar-refractivity contribution < 1.29 is 13.6 Å². The third kappa shape index (κ3) is 4.72. The van der Waals surface area contributed by atoms with Crippen molar-refractivity contribution in [3.05, 3.63) is 98.7 Å². The number of hydrogen-bond donors (Lipinski definition) is 1. The standard InChI is InChI=1S/C26H27F2N3O2/c1-16(2)25-24(26(32)29-14-18-8-10-21(27)22(28)12-18)20-13-19(30-33)9-11-23(20)31(25)15-17-6-4-3-5-7-17/h3-8,10,12,16,19H,9,11,13-15H2,1-2H3,(H,29,32). The Labute approximate surface area is 191 Å². The van der Waals surface area contributed by atoms with Crippen LogP contribution in [0.4, 0.5) is 8.78 Å². The van der Waals surface area contributed by atoms with Crippen LogP contribution in [0, 0.1) is 16.5 Å². The lowest BCUT2D eigenvalue weighted by Gasteiger charge is -2.20. The first kappa shape index (κ1) is 22.8. The normalized spacial score (nSPS) is 15.4. The number of hydrogen-bond acceptors (Lipinski definition) is 3. The van der Waals surface area contributed by atoms with Gasteiger partial charge in [0, 0.05) is 30.9 Å². The predicted molar refractivity (Wildman–Crippen MR) is 123 cm³/mol. The van der Waals surface area contributed by atoms with Crippen molar-refractivity contribution in [1.82, 2.24) is 9.88 Å². The second kappa shape index (κ2) is 9.65. The molecule has 3 aromatic rings. The second-order valence-electron chi connectivity index (χ2n) is 8.85. The van der Waals surface area contributed by atoms with E-state index in [-0.39, 0.29) is 24.4 Å². The summed E-state index contributed by atoms with van der Waals surface area (Å²) in [5, 5.41) is 6.13. The van der Waals surface area contributed by atoms with Crippen molar-refractivity contribution >= 4 is 5.91 Å². The fraction of sp³-hybridized carbons (Fsp3) is 0.346. The molecular weight excluding hydrogens is 424 g/mol. The summed E-state index contributed by atoms with van der Waals surface area (Å²) in [6, 6.07) is 13.3. The van der Waals surface area contributed by atoms with Crippen LogP contribution in [-0.2, 0) is 25.9 Å². The topological polar surface area (TPSA) is 63.5 Å². The summed E-state index contributed by atoms with van der Waals surface area (Å²) in [5.74, 6) is -2.09. The third-order valence-corrected chi connectivity index (χ3v) is 6.22. The summed E-state index contributed by atoms with van der Waals surface area (Å²) < 4.78 is 29.0. The average Bonchev–Trinajstić information content (AvgIpc) is 3.14. The summed E-state index contributed by atoms with van der Waals surface area (Å²) in [6.45, 7) is 4.79. The molecule has 0 radical (unpaired) electrons. The zero-order valence-electron chi connectivity index (χ0n) is 18.8. The van der Waals surface area contributed by atoms with Crippen LogP contribution in [-0.4, -0.2) is 16.5 Å². The molecule has 33 heavy (non-hydrogen) atoms. The van der Waals surface area contributed by atoms with Crippen LogP contribution >= 0.6 is 0 Å². The molecule has 1 heterocycles. The molecule has 0 bridgehead atoms. The molecule has 172 valence electrons. The fourth-order valence-corrected chi connectivity index (χ4v) is 4.70. The van der Waals surface area contributed by atoms with E-state index >= 15 is 0 Å². The van der Waals surface area contributed by atoms with Crippen molar-refractivity contribution in [2.45, 2.75) is 58.2 Å². The number of aromatic nitrogens is 1. The van der Waals surface area contributed by atoms with Crippen molar-refractivity contribution in [1.29, 1.82) is 0 Å². The molecule has 0 spiro atoms. The molecule has 1 unspecified atom stereocenters. The highest BCUT2D eigenvalue weighted by Gasteiger charge is 2.33. The van der Waals surface area contributed by atoms with E-state index in [2.05, 4.69) is 27.2 Å². The number of fused-ring (bicyclic) bond motifs is 1. The molecule has 0 saturated heterocycles. The predicted octanol–water partition coefficient (Wildman–Crippen LogP) is 5.49. The van der Waals surface area contributed by atoms with Crippen molar-refractivity contribution in [3.8, 4) is 0 Å². The quantitative estimate of drug-likeness (QED) is 0.483. The van der Waals surface area contributed by atoms with Gasteiger partial charge in [0.25, 0.3) is 5.91 Å². The highest BCUT2D eigenvalue weighted by Crippen LogP contribution is 2.35. The molecule has 1 amide bonds. The van der Waals surface area contributed by atoms with E-state index in [1.165, 1.54) is 6.07 Å². The minimum Gasteiger partial charge on any atom is -0.348 e. The average molecular weight is 452 g/mol. The van der Waals surface area contributed by atoms with E-state index in [1.54, 1.807) is 0 Å². The maximum atomic E-state index is 13.6. The zero-order valence-corrected chi connectivity index (χ0v) is 18.8. The number of nitrogens with zero attached hydrogens (tertiary/aromatic N) is 2. The minimum atomic E-state index is -0.948. The smallest absolute Gasteiger partial charge is 0.253 e. The first-order valence-corrected chi connectivity index (χ1v) is 11.2. The molecule has 1 atom stereocenters. The van der Waals surface area contributed by atoms with Crippen LogP contribution in [0.3, 0.4) is 0 Å². The highest BCUT2D eigenvalue weighted by molar-refractivity contribution is 5.98. The van der Waals surface area contributed by atoms with Gasteiger partial charge in [0.2, 0.25) is 0 Å². The van der Waals surface area contributed by atoms with Gasteiger partial charge in [-0.25, -0.2) is 8.78 Å². The minimum absolute atomic E-state index is 0.0611. The van der Waals surface area contributed by atoms with Gasteiger partial charge >= 0.3 is 0 Å². The van der Waals surface area contributed by atoms with Crippen LogP contribution < -0.4 is 5.32 Å². The molecule has 0 aliphatic heterocycles. The summed E-state index contributed by atoms with van der Waals surface area (Å²) in [5.41, 5.74) is 5.03. The Morgan fingerprint density at radius 1 is 1.12 bits per heavy atom. The summed E-state index contributed by atoms with van der Waals surface area (Å²) in [6.07, 6.45) is 1.76. The third-order valence-electron chi connectivity index (χ3n) is 6.22. The molecule has 1 aliphatic rings. The maximum Gasteiger partial charge on any atom is 0.253 e. The zero-order chi connectivity index (χ0) is 23.5. The molecule has 5 nitrogen and oxygen atoms in total. The number of benzene rings is 2. The number of carbonyl (C=O) groups excluding carboxylic acids is 1. The summed E-state index contributed by atoms with van der Waals surface area (Å²) in [7, 11) is 0. The van der Waals surface area contributed by atoms with Gasteiger partial charge in [0.15, 0.2) is 11.6 Å². The van der Waals surface area contributed by atoms with Gasteiger partial charge < -0.3 is 9.88 Å². The first-order chi connectivity index (χ1) is 15.9. The number of amides is 1. The van der Waals surface area contributed by atoms with Crippen LogP contribution in [0.25, 0.3) is 0 Å². The molecule has 0 fully saturated rings. The highest BCUT2D eigenvalue weighted by atomic mass is 19.2. The lowest BCUT2D eigenvalue weighted by Crippen LogP contribution is -2.26. The van der Waals surface area contributed by atoms with Crippen LogP contribution in [0.2, 0.25) is 0 Å². The van der Waals surface area contributed by atoms with Crippen LogP contribution in [0.15, 0.2) is 53.7 Å². The Hall–Kier alpha value is -3.35. The van der Waals surface area contributed by atoms with E-state index in [9.17, 15) is 18.5 Å². The van der Waals surface area contributed by atoms with Gasteiger partial charge in [-0.2, -0.15) is 4.91 Å². The molecular formula is C26H27F2N3O2. The molecule has 1 aliphatic carbocycles. The molecule has 2 aromatic carbocycles. The Bertz CT molecular complexity index is 1170. The fourth-order valence-electron chi connectivity index (χ4n) is 4.70. The summed E-state index contributed by atoms with van der Waals surface area (Å²) >= 11 is 0. The van der Waals surface area contributed by atoms with Crippen molar-refractivity contribution in [2.75, 3.05) is 0 Å². The van der Waals surface area contributed by atoms with Gasteiger partial charge in [-0.3, -0.25) is 4.79 Å². The Balaban J connectivity index is 1.72. The van der Waals surface area contributed by atoms with Crippen LogP contribution in [0.5, 0.6) is 0 Å². The first-order valence-electron chi connectivity index (χ1n) is 11.2. The van der Waals surface area contributed by atoms with Gasteiger partial charge in [0.05, 0.1) is 11.6 Å². The molecule has 1 aromatic heterocycles. The van der Waals surface area contributed by atoms with E-state index in [1.807, 2.05) is 32.0 Å². The number of halogens is 2.